The molecule has 0 amide bonds. The molecule has 416 valence electrons. The van der Waals surface area contributed by atoms with Crippen molar-refractivity contribution in [3.63, 3.8) is 0 Å². The van der Waals surface area contributed by atoms with Crippen molar-refractivity contribution >= 4 is 17.9 Å². The van der Waals surface area contributed by atoms with Crippen LogP contribution in [-0.4, -0.2) is 37.2 Å². The molecule has 1 atom stereocenters. The number of ether oxygens (including phenoxy) is 3. The molecule has 0 rings (SSSR count). The molecule has 73 heavy (non-hydrogen) atoms. The quantitative estimate of drug-likeness (QED) is 0.0261. The van der Waals surface area contributed by atoms with E-state index in [0.717, 1.165) is 128 Å². The lowest BCUT2D eigenvalue weighted by molar-refractivity contribution is -0.167. The van der Waals surface area contributed by atoms with Gasteiger partial charge in [0.05, 0.1) is 0 Å². The highest BCUT2D eigenvalue weighted by Crippen LogP contribution is 2.15. The van der Waals surface area contributed by atoms with Crippen LogP contribution in [0.1, 0.15) is 278 Å². The van der Waals surface area contributed by atoms with Gasteiger partial charge in [0.25, 0.3) is 0 Å². The minimum absolute atomic E-state index is 0.0889. The number of esters is 3. The Bertz CT molecular complexity index is 1490. The zero-order valence-electron chi connectivity index (χ0n) is 47.6. The molecule has 0 bridgehead atoms. The van der Waals surface area contributed by atoms with Gasteiger partial charge < -0.3 is 14.2 Å². The molecule has 0 aromatic rings. The number of allylic oxidation sites excluding steroid dienone is 18. The van der Waals surface area contributed by atoms with E-state index in [4.69, 9.17) is 14.2 Å². The van der Waals surface area contributed by atoms with Gasteiger partial charge in [-0.05, 0) is 122 Å². The van der Waals surface area contributed by atoms with Gasteiger partial charge in [0, 0.05) is 19.3 Å². The van der Waals surface area contributed by atoms with Crippen LogP contribution >= 0.6 is 0 Å². The Balaban J connectivity index is 4.27. The lowest BCUT2D eigenvalue weighted by Crippen LogP contribution is -2.30. The maximum Gasteiger partial charge on any atom is 0.306 e. The second-order valence-electron chi connectivity index (χ2n) is 19.9. The first-order valence-corrected chi connectivity index (χ1v) is 30.4. The topological polar surface area (TPSA) is 78.9 Å². The first kappa shape index (κ1) is 69.1. The van der Waals surface area contributed by atoms with E-state index in [-0.39, 0.29) is 31.1 Å². The number of hydrogen-bond donors (Lipinski definition) is 0. The largest absolute Gasteiger partial charge is 0.462 e. The predicted octanol–water partition coefficient (Wildman–Crippen LogP) is 20.7. The van der Waals surface area contributed by atoms with Crippen molar-refractivity contribution in [2.24, 2.45) is 0 Å². The molecule has 0 radical (unpaired) electrons. The van der Waals surface area contributed by atoms with E-state index in [9.17, 15) is 14.4 Å². The van der Waals surface area contributed by atoms with Gasteiger partial charge in [0.15, 0.2) is 6.10 Å². The molecular formula is C67H112O6. The standard InChI is InChI=1S/C67H112O6/c1-4-7-10-13-16-19-22-25-27-28-29-30-31-32-33-34-35-36-37-38-39-40-41-43-45-48-51-54-57-60-66(69)72-63-64(62-71-65(68)59-56-53-50-47-44-24-21-18-15-12-9-6-3)73-67(70)61-58-55-52-49-46-42-26-23-20-17-14-11-8-5-2/h7,10,14,16-19,21,23,25-27,29-30,32-33,35-36,64H,4-6,8-9,11-13,15,20,22,24,28,31,34,37-63H2,1-3H3/b10-7-,17-14-,19-16-,21-18-,26-23-,27-25-,30-29-,33-32-,36-35-. The Hall–Kier alpha value is -3.93. The normalized spacial score (nSPS) is 12.9. The van der Waals surface area contributed by atoms with Crippen molar-refractivity contribution in [3.05, 3.63) is 109 Å². The summed E-state index contributed by atoms with van der Waals surface area (Å²) in [5, 5.41) is 0. The summed E-state index contributed by atoms with van der Waals surface area (Å²) in [6.45, 7) is 6.44. The van der Waals surface area contributed by atoms with Gasteiger partial charge in [0.1, 0.15) is 13.2 Å². The van der Waals surface area contributed by atoms with Crippen molar-refractivity contribution in [1.82, 2.24) is 0 Å². The second kappa shape index (κ2) is 60.6. The fraction of sp³-hybridized carbons (Fsp3) is 0.687. The van der Waals surface area contributed by atoms with Gasteiger partial charge >= 0.3 is 17.9 Å². The molecule has 0 heterocycles. The van der Waals surface area contributed by atoms with Crippen molar-refractivity contribution in [3.8, 4) is 0 Å². The third-order valence-corrected chi connectivity index (χ3v) is 12.7. The van der Waals surface area contributed by atoms with E-state index < -0.39 is 6.10 Å². The number of carbonyl (C=O) groups excluding carboxylic acids is 3. The number of rotatable bonds is 54. The Labute approximate surface area is 450 Å². The molecule has 0 aliphatic rings. The van der Waals surface area contributed by atoms with E-state index in [1.54, 1.807) is 0 Å². The third-order valence-electron chi connectivity index (χ3n) is 12.7. The summed E-state index contributed by atoms with van der Waals surface area (Å²) < 4.78 is 16.8. The molecule has 0 saturated heterocycles. The van der Waals surface area contributed by atoms with Gasteiger partial charge in [-0.3, -0.25) is 14.4 Å². The van der Waals surface area contributed by atoms with Crippen LogP contribution in [-0.2, 0) is 28.6 Å². The molecule has 0 aliphatic carbocycles. The van der Waals surface area contributed by atoms with Crippen molar-refractivity contribution in [2.75, 3.05) is 13.2 Å². The first-order chi connectivity index (χ1) is 36.0. The Morgan fingerprint density at radius 3 is 0.890 bits per heavy atom. The second-order valence-corrected chi connectivity index (χ2v) is 19.9. The SMILES string of the molecule is CC/C=C\C/C=C\C/C=C\C/C=C\C/C=C\C/C=C\CCCCCCCCCCCCC(=O)OCC(COC(=O)CCCCCCC/C=C\CCCCC)OC(=O)CCCCCCC/C=C\C/C=C\CCCC. The monoisotopic (exact) mass is 1010 g/mol. The highest BCUT2D eigenvalue weighted by molar-refractivity contribution is 5.71. The summed E-state index contributed by atoms with van der Waals surface area (Å²) in [4.78, 5) is 38.1. The van der Waals surface area contributed by atoms with Crippen molar-refractivity contribution in [2.45, 2.75) is 284 Å². The smallest absolute Gasteiger partial charge is 0.306 e. The maximum absolute atomic E-state index is 12.8. The molecule has 0 N–H and O–H groups in total. The van der Waals surface area contributed by atoms with Crippen LogP contribution in [0.15, 0.2) is 109 Å². The summed E-state index contributed by atoms with van der Waals surface area (Å²) >= 11 is 0. The van der Waals surface area contributed by atoms with Crippen molar-refractivity contribution in [1.29, 1.82) is 0 Å². The third kappa shape index (κ3) is 58.8. The molecule has 0 saturated carbocycles. The summed E-state index contributed by atoms with van der Waals surface area (Å²) in [5.74, 6) is -0.914. The number of hydrogen-bond acceptors (Lipinski definition) is 6. The number of unbranched alkanes of at least 4 members (excludes halogenated alkanes) is 25. The average molecular weight is 1010 g/mol. The summed E-state index contributed by atoms with van der Waals surface area (Å²) in [7, 11) is 0. The van der Waals surface area contributed by atoms with E-state index in [1.807, 2.05) is 0 Å². The Kier molecular flexibility index (Phi) is 57.4. The van der Waals surface area contributed by atoms with Gasteiger partial charge in [-0.2, -0.15) is 0 Å². The lowest BCUT2D eigenvalue weighted by atomic mass is 10.1. The molecule has 0 fully saturated rings. The van der Waals surface area contributed by atoms with Crippen LogP contribution in [0.3, 0.4) is 0 Å². The van der Waals surface area contributed by atoms with Gasteiger partial charge in [-0.15, -0.1) is 0 Å². The Morgan fingerprint density at radius 2 is 0.548 bits per heavy atom. The fourth-order valence-corrected chi connectivity index (χ4v) is 8.16. The van der Waals surface area contributed by atoms with E-state index >= 15 is 0 Å². The minimum Gasteiger partial charge on any atom is -0.462 e. The average Bonchev–Trinajstić information content (AvgIpc) is 3.39. The minimum atomic E-state index is -0.791. The zero-order valence-corrected chi connectivity index (χ0v) is 47.6. The summed E-state index contributed by atoms with van der Waals surface area (Å²) in [5.41, 5.74) is 0. The molecule has 0 aromatic heterocycles. The summed E-state index contributed by atoms with van der Waals surface area (Å²) in [6, 6.07) is 0. The molecule has 6 nitrogen and oxygen atoms in total. The van der Waals surface area contributed by atoms with E-state index in [2.05, 4.69) is 130 Å². The Morgan fingerprint density at radius 1 is 0.288 bits per heavy atom. The van der Waals surface area contributed by atoms with E-state index in [1.165, 1.54) is 109 Å². The highest BCUT2D eigenvalue weighted by Gasteiger charge is 2.19. The van der Waals surface area contributed by atoms with Crippen LogP contribution in [0.2, 0.25) is 0 Å². The zero-order chi connectivity index (χ0) is 52.9. The van der Waals surface area contributed by atoms with Gasteiger partial charge in [-0.25, -0.2) is 0 Å². The predicted molar refractivity (Wildman–Crippen MR) is 316 cm³/mol. The molecule has 1 unspecified atom stereocenters. The fourth-order valence-electron chi connectivity index (χ4n) is 8.16. The highest BCUT2D eigenvalue weighted by atomic mass is 16.6. The van der Waals surface area contributed by atoms with Gasteiger partial charge in [0.2, 0.25) is 0 Å². The lowest BCUT2D eigenvalue weighted by Gasteiger charge is -2.18. The first-order valence-electron chi connectivity index (χ1n) is 30.4. The molecular weight excluding hydrogens is 901 g/mol. The maximum atomic E-state index is 12.8. The number of carbonyl (C=O) groups is 3. The van der Waals surface area contributed by atoms with Crippen LogP contribution in [0, 0.1) is 0 Å². The van der Waals surface area contributed by atoms with E-state index in [0.29, 0.717) is 19.3 Å². The van der Waals surface area contributed by atoms with Crippen LogP contribution in [0.4, 0.5) is 0 Å². The van der Waals surface area contributed by atoms with Gasteiger partial charge in [-0.1, -0.05) is 246 Å². The van der Waals surface area contributed by atoms with Crippen molar-refractivity contribution < 1.29 is 28.6 Å². The molecule has 0 spiro atoms. The molecule has 6 heteroatoms. The van der Waals surface area contributed by atoms with Crippen LogP contribution in [0.5, 0.6) is 0 Å². The molecule has 0 aliphatic heterocycles. The summed E-state index contributed by atoms with van der Waals surface area (Å²) in [6.07, 6.45) is 82.3. The van der Waals surface area contributed by atoms with Crippen LogP contribution < -0.4 is 0 Å². The molecule has 0 aromatic carbocycles. The van der Waals surface area contributed by atoms with Crippen LogP contribution in [0.25, 0.3) is 0 Å².